The molecule has 1 heteroatoms. The van der Waals surface area contributed by atoms with Crippen LogP contribution in [0.4, 0.5) is 0 Å². The maximum Gasteiger partial charge on any atom is 0.155 e. The summed E-state index contributed by atoms with van der Waals surface area (Å²) in [6, 6.07) is 0. The van der Waals surface area contributed by atoms with Crippen molar-refractivity contribution in [3.63, 3.8) is 0 Å². The summed E-state index contributed by atoms with van der Waals surface area (Å²) in [6.07, 6.45) is 13.7. The summed E-state index contributed by atoms with van der Waals surface area (Å²) in [5, 5.41) is 0. The molecule has 0 saturated heterocycles. The molecule has 2 aliphatic rings. The van der Waals surface area contributed by atoms with Crippen molar-refractivity contribution >= 4 is 5.78 Å². The molecular weight excluding hydrogens is 196 g/mol. The summed E-state index contributed by atoms with van der Waals surface area (Å²) < 4.78 is 0. The first-order valence-electron chi connectivity index (χ1n) is 6.67. The Labute approximate surface area is 98.6 Å². The molecule has 0 bridgehead atoms. The molecule has 1 unspecified atom stereocenters. The van der Waals surface area contributed by atoms with E-state index in [1.54, 1.807) is 5.57 Å². The van der Waals surface area contributed by atoms with Crippen LogP contribution in [0.3, 0.4) is 0 Å². The Bertz CT molecular complexity index is 322. The number of carbonyl (C=O) groups is 1. The molecule has 16 heavy (non-hydrogen) atoms. The largest absolute Gasteiger partial charge is 0.295 e. The maximum absolute atomic E-state index is 11.4. The third kappa shape index (κ3) is 3.07. The smallest absolute Gasteiger partial charge is 0.155 e. The molecule has 2 aliphatic carbocycles. The molecule has 0 heterocycles. The van der Waals surface area contributed by atoms with Crippen molar-refractivity contribution in [2.75, 3.05) is 0 Å². The van der Waals surface area contributed by atoms with Crippen molar-refractivity contribution in [2.45, 2.75) is 58.3 Å². The van der Waals surface area contributed by atoms with Gasteiger partial charge >= 0.3 is 0 Å². The zero-order chi connectivity index (χ0) is 11.4. The van der Waals surface area contributed by atoms with Crippen molar-refractivity contribution in [2.24, 2.45) is 5.92 Å². The summed E-state index contributed by atoms with van der Waals surface area (Å²) in [5.74, 6) is 0.916. The van der Waals surface area contributed by atoms with E-state index in [1.807, 2.05) is 6.08 Å². The Hall–Kier alpha value is -0.850. The molecule has 0 fully saturated rings. The van der Waals surface area contributed by atoms with E-state index >= 15 is 0 Å². The van der Waals surface area contributed by atoms with Gasteiger partial charge in [0.05, 0.1) is 0 Å². The lowest BCUT2D eigenvalue weighted by Crippen LogP contribution is -2.10. The molecule has 0 amide bonds. The monoisotopic (exact) mass is 218 g/mol. The highest BCUT2D eigenvalue weighted by atomic mass is 16.1. The number of hydrogen-bond donors (Lipinski definition) is 0. The van der Waals surface area contributed by atoms with Gasteiger partial charge in [-0.2, -0.15) is 0 Å². The van der Waals surface area contributed by atoms with Crippen LogP contribution in [0.2, 0.25) is 0 Å². The van der Waals surface area contributed by atoms with Crippen molar-refractivity contribution in [3.05, 3.63) is 23.3 Å². The zero-order valence-electron chi connectivity index (χ0n) is 10.3. The van der Waals surface area contributed by atoms with E-state index in [0.717, 1.165) is 19.3 Å². The first-order chi connectivity index (χ1) is 7.75. The number of rotatable bonds is 3. The lowest BCUT2D eigenvalue weighted by molar-refractivity contribution is -0.115. The first kappa shape index (κ1) is 11.6. The Morgan fingerprint density at radius 2 is 2.06 bits per heavy atom. The molecule has 1 atom stereocenters. The average Bonchev–Trinajstić information content (AvgIpc) is 2.30. The highest BCUT2D eigenvalue weighted by Crippen LogP contribution is 2.30. The van der Waals surface area contributed by atoms with Gasteiger partial charge in [-0.3, -0.25) is 4.79 Å². The van der Waals surface area contributed by atoms with Crippen molar-refractivity contribution < 1.29 is 4.79 Å². The van der Waals surface area contributed by atoms with Crippen LogP contribution in [0.1, 0.15) is 58.3 Å². The van der Waals surface area contributed by atoms with Gasteiger partial charge in [-0.05, 0) is 56.9 Å². The van der Waals surface area contributed by atoms with Crippen LogP contribution < -0.4 is 0 Å². The molecule has 0 aromatic heterocycles. The molecule has 0 N–H and O–H groups in total. The predicted molar refractivity (Wildman–Crippen MR) is 67.3 cm³/mol. The Balaban J connectivity index is 1.94. The first-order valence-corrected chi connectivity index (χ1v) is 6.67. The lowest BCUT2D eigenvalue weighted by atomic mass is 9.84. The van der Waals surface area contributed by atoms with E-state index < -0.39 is 0 Å². The summed E-state index contributed by atoms with van der Waals surface area (Å²) in [6.45, 7) is 2.28. The third-order valence-corrected chi connectivity index (χ3v) is 3.82. The van der Waals surface area contributed by atoms with E-state index in [-0.39, 0.29) is 0 Å². The van der Waals surface area contributed by atoms with Crippen LogP contribution >= 0.6 is 0 Å². The molecule has 88 valence electrons. The van der Waals surface area contributed by atoms with Gasteiger partial charge in [-0.15, -0.1) is 0 Å². The number of allylic oxidation sites excluding steroid dienone is 4. The summed E-state index contributed by atoms with van der Waals surface area (Å²) in [7, 11) is 0. The third-order valence-electron chi connectivity index (χ3n) is 3.82. The minimum atomic E-state index is 0.339. The SMILES string of the molecule is CC(CC1=CCCCC1)C1=CC(=O)CCC1. The van der Waals surface area contributed by atoms with Crippen LogP contribution in [-0.2, 0) is 4.79 Å². The minimum absolute atomic E-state index is 0.339. The summed E-state index contributed by atoms with van der Waals surface area (Å²) in [5.41, 5.74) is 3.01. The predicted octanol–water partition coefficient (Wildman–Crippen LogP) is 4.19. The lowest BCUT2D eigenvalue weighted by Gasteiger charge is -2.22. The average molecular weight is 218 g/mol. The Morgan fingerprint density at radius 1 is 1.19 bits per heavy atom. The molecule has 2 rings (SSSR count). The maximum atomic E-state index is 11.4. The molecule has 0 aromatic carbocycles. The summed E-state index contributed by atoms with van der Waals surface area (Å²) in [4.78, 5) is 11.4. The van der Waals surface area contributed by atoms with Crippen LogP contribution in [-0.4, -0.2) is 5.78 Å². The molecular formula is C15H22O. The normalized spacial score (nSPS) is 23.7. The minimum Gasteiger partial charge on any atom is -0.295 e. The Kier molecular flexibility index (Phi) is 3.98. The molecule has 1 nitrogen and oxygen atoms in total. The number of carbonyl (C=O) groups excluding carboxylic acids is 1. The van der Waals surface area contributed by atoms with E-state index in [9.17, 15) is 4.79 Å². The second kappa shape index (κ2) is 5.47. The summed E-state index contributed by atoms with van der Waals surface area (Å²) >= 11 is 0. The van der Waals surface area contributed by atoms with Crippen LogP contribution in [0.15, 0.2) is 23.3 Å². The Morgan fingerprint density at radius 3 is 2.75 bits per heavy atom. The van der Waals surface area contributed by atoms with Gasteiger partial charge in [0.25, 0.3) is 0 Å². The fourth-order valence-corrected chi connectivity index (χ4v) is 2.82. The molecule has 0 saturated carbocycles. The molecule has 0 aromatic rings. The van der Waals surface area contributed by atoms with Crippen LogP contribution in [0.25, 0.3) is 0 Å². The van der Waals surface area contributed by atoms with Gasteiger partial charge in [0, 0.05) is 6.42 Å². The zero-order valence-corrected chi connectivity index (χ0v) is 10.3. The molecule has 0 aliphatic heterocycles. The van der Waals surface area contributed by atoms with Gasteiger partial charge in [-0.1, -0.05) is 24.1 Å². The van der Waals surface area contributed by atoms with Gasteiger partial charge < -0.3 is 0 Å². The molecule has 0 spiro atoms. The number of ketones is 1. The van der Waals surface area contributed by atoms with Crippen molar-refractivity contribution in [1.82, 2.24) is 0 Å². The fourth-order valence-electron chi connectivity index (χ4n) is 2.82. The van der Waals surface area contributed by atoms with E-state index in [1.165, 1.54) is 37.7 Å². The van der Waals surface area contributed by atoms with E-state index in [0.29, 0.717) is 11.7 Å². The van der Waals surface area contributed by atoms with Gasteiger partial charge in [0.1, 0.15) is 0 Å². The van der Waals surface area contributed by atoms with Gasteiger partial charge in [-0.25, -0.2) is 0 Å². The topological polar surface area (TPSA) is 17.1 Å². The van der Waals surface area contributed by atoms with Crippen LogP contribution in [0, 0.1) is 5.92 Å². The highest BCUT2D eigenvalue weighted by Gasteiger charge is 2.17. The second-order valence-corrected chi connectivity index (χ2v) is 5.25. The van der Waals surface area contributed by atoms with Crippen molar-refractivity contribution in [3.8, 4) is 0 Å². The van der Waals surface area contributed by atoms with Crippen LogP contribution in [0.5, 0.6) is 0 Å². The second-order valence-electron chi connectivity index (χ2n) is 5.25. The van der Waals surface area contributed by atoms with Crippen molar-refractivity contribution in [1.29, 1.82) is 0 Å². The standard InChI is InChI=1S/C15H22O/c1-12(10-13-6-3-2-4-7-13)14-8-5-9-15(16)11-14/h6,11-12H,2-5,7-10H2,1H3. The quantitative estimate of drug-likeness (QED) is 0.649. The highest BCUT2D eigenvalue weighted by molar-refractivity contribution is 5.91. The van der Waals surface area contributed by atoms with Gasteiger partial charge in [0.15, 0.2) is 5.78 Å². The number of hydrogen-bond acceptors (Lipinski definition) is 1. The fraction of sp³-hybridized carbons (Fsp3) is 0.667. The molecule has 0 radical (unpaired) electrons. The van der Waals surface area contributed by atoms with E-state index in [4.69, 9.17) is 0 Å². The van der Waals surface area contributed by atoms with Gasteiger partial charge in [0.2, 0.25) is 0 Å². The van der Waals surface area contributed by atoms with E-state index in [2.05, 4.69) is 13.0 Å².